The molecule has 0 aliphatic carbocycles. The third-order valence-corrected chi connectivity index (χ3v) is 3.63. The highest BCUT2D eigenvalue weighted by atomic mass is 16.5. The summed E-state index contributed by atoms with van der Waals surface area (Å²) >= 11 is 0. The van der Waals surface area contributed by atoms with Crippen molar-refractivity contribution in [3.8, 4) is 0 Å². The third-order valence-electron chi connectivity index (χ3n) is 3.63. The summed E-state index contributed by atoms with van der Waals surface area (Å²) in [5, 5.41) is 3.41. The van der Waals surface area contributed by atoms with E-state index < -0.39 is 0 Å². The molecule has 1 fully saturated rings. The van der Waals surface area contributed by atoms with Gasteiger partial charge in [-0.1, -0.05) is 25.1 Å². The Bertz CT molecular complexity index is 375. The Morgan fingerprint density at radius 2 is 2.33 bits per heavy atom. The van der Waals surface area contributed by atoms with Crippen molar-refractivity contribution in [2.24, 2.45) is 0 Å². The molecule has 80 valence electrons. The van der Waals surface area contributed by atoms with Gasteiger partial charge in [0, 0.05) is 19.0 Å². The van der Waals surface area contributed by atoms with E-state index in [2.05, 4.69) is 30.4 Å². The van der Waals surface area contributed by atoms with Gasteiger partial charge >= 0.3 is 0 Å². The van der Waals surface area contributed by atoms with Gasteiger partial charge in [0.25, 0.3) is 0 Å². The molecule has 0 bridgehead atoms. The van der Waals surface area contributed by atoms with Crippen LogP contribution in [0.2, 0.25) is 0 Å². The molecule has 1 aromatic rings. The van der Waals surface area contributed by atoms with Crippen LogP contribution < -0.4 is 5.32 Å². The number of aryl methyl sites for hydroxylation is 1. The van der Waals surface area contributed by atoms with Gasteiger partial charge in [-0.05, 0) is 23.1 Å². The topological polar surface area (TPSA) is 21.3 Å². The summed E-state index contributed by atoms with van der Waals surface area (Å²) in [6.45, 7) is 5.08. The van der Waals surface area contributed by atoms with Crippen LogP contribution in [0.4, 0.5) is 0 Å². The molecule has 2 aliphatic rings. The van der Waals surface area contributed by atoms with Crippen molar-refractivity contribution >= 4 is 0 Å². The SMILES string of the molecule is CCc1ccc2c(c1)CO[C@@H]1CNC[C@H]21. The fourth-order valence-electron chi connectivity index (χ4n) is 2.70. The number of benzene rings is 1. The molecule has 0 amide bonds. The Morgan fingerprint density at radius 3 is 3.20 bits per heavy atom. The number of nitrogens with one attached hydrogen (secondary N) is 1. The Kier molecular flexibility index (Phi) is 2.26. The molecular weight excluding hydrogens is 186 g/mol. The minimum absolute atomic E-state index is 0.407. The van der Waals surface area contributed by atoms with Gasteiger partial charge in [0.2, 0.25) is 0 Å². The predicted octanol–water partition coefficient (Wildman–Crippen LogP) is 1.83. The van der Waals surface area contributed by atoms with Crippen molar-refractivity contribution in [2.45, 2.75) is 32.0 Å². The maximum atomic E-state index is 5.87. The summed E-state index contributed by atoms with van der Waals surface area (Å²) in [5.41, 5.74) is 4.33. The lowest BCUT2D eigenvalue weighted by Gasteiger charge is -2.28. The van der Waals surface area contributed by atoms with E-state index in [9.17, 15) is 0 Å². The lowest BCUT2D eigenvalue weighted by Crippen LogP contribution is -2.26. The van der Waals surface area contributed by atoms with Gasteiger partial charge in [-0.15, -0.1) is 0 Å². The zero-order valence-electron chi connectivity index (χ0n) is 9.12. The normalized spacial score (nSPS) is 28.6. The van der Waals surface area contributed by atoms with E-state index in [-0.39, 0.29) is 0 Å². The van der Waals surface area contributed by atoms with Crippen LogP contribution in [0.1, 0.15) is 29.5 Å². The summed E-state index contributed by atoms with van der Waals surface area (Å²) in [6, 6.07) is 6.88. The quantitative estimate of drug-likeness (QED) is 0.752. The van der Waals surface area contributed by atoms with Crippen LogP contribution in [0.15, 0.2) is 18.2 Å². The Labute approximate surface area is 90.6 Å². The van der Waals surface area contributed by atoms with Crippen LogP contribution >= 0.6 is 0 Å². The van der Waals surface area contributed by atoms with E-state index >= 15 is 0 Å². The molecule has 0 spiro atoms. The standard InChI is InChI=1S/C13H17NO/c1-2-9-3-4-11-10(5-9)8-15-13-7-14-6-12(11)13/h3-5,12-14H,2,6-8H2,1H3/t12-,13-/m1/s1. The average molecular weight is 203 g/mol. The Hall–Kier alpha value is -0.860. The summed E-state index contributed by atoms with van der Waals surface area (Å²) in [6.07, 6.45) is 1.52. The van der Waals surface area contributed by atoms with E-state index in [1.165, 1.54) is 16.7 Å². The van der Waals surface area contributed by atoms with Gasteiger partial charge in [-0.3, -0.25) is 0 Å². The maximum Gasteiger partial charge on any atom is 0.0784 e. The second kappa shape index (κ2) is 3.62. The molecule has 0 unspecified atom stereocenters. The molecule has 2 heterocycles. The van der Waals surface area contributed by atoms with Crippen LogP contribution in [-0.2, 0) is 17.8 Å². The molecule has 0 aromatic heterocycles. The van der Waals surface area contributed by atoms with Crippen LogP contribution in [0.25, 0.3) is 0 Å². The first-order valence-corrected chi connectivity index (χ1v) is 5.82. The first-order chi connectivity index (χ1) is 7.38. The molecule has 0 radical (unpaired) electrons. The van der Waals surface area contributed by atoms with Crippen molar-refractivity contribution in [1.29, 1.82) is 0 Å². The highest BCUT2D eigenvalue weighted by molar-refractivity contribution is 5.37. The molecule has 2 heteroatoms. The third kappa shape index (κ3) is 1.48. The number of rotatable bonds is 1. The molecule has 15 heavy (non-hydrogen) atoms. The average Bonchev–Trinajstić information content (AvgIpc) is 2.76. The number of hydrogen-bond donors (Lipinski definition) is 1. The van der Waals surface area contributed by atoms with Gasteiger partial charge in [0.15, 0.2) is 0 Å². The van der Waals surface area contributed by atoms with Crippen molar-refractivity contribution < 1.29 is 4.74 Å². The van der Waals surface area contributed by atoms with E-state index in [0.29, 0.717) is 12.0 Å². The summed E-state index contributed by atoms with van der Waals surface area (Å²) in [5.74, 6) is 0.583. The summed E-state index contributed by atoms with van der Waals surface area (Å²) in [7, 11) is 0. The van der Waals surface area contributed by atoms with Crippen molar-refractivity contribution in [2.75, 3.05) is 13.1 Å². The van der Waals surface area contributed by atoms with E-state index in [0.717, 1.165) is 26.1 Å². The fourth-order valence-corrected chi connectivity index (χ4v) is 2.70. The number of ether oxygens (including phenoxy) is 1. The minimum Gasteiger partial charge on any atom is -0.372 e. The molecule has 3 rings (SSSR count). The predicted molar refractivity (Wildman–Crippen MR) is 60.0 cm³/mol. The molecule has 2 atom stereocenters. The minimum atomic E-state index is 0.407. The molecular formula is C13H17NO. The van der Waals surface area contributed by atoms with Crippen molar-refractivity contribution in [3.63, 3.8) is 0 Å². The highest BCUT2D eigenvalue weighted by Gasteiger charge is 2.33. The van der Waals surface area contributed by atoms with Crippen LogP contribution in [-0.4, -0.2) is 19.2 Å². The van der Waals surface area contributed by atoms with Gasteiger partial charge in [-0.2, -0.15) is 0 Å². The summed E-state index contributed by atoms with van der Waals surface area (Å²) < 4.78 is 5.87. The monoisotopic (exact) mass is 203 g/mol. The van der Waals surface area contributed by atoms with Crippen LogP contribution in [0.3, 0.4) is 0 Å². The largest absolute Gasteiger partial charge is 0.372 e. The van der Waals surface area contributed by atoms with Gasteiger partial charge in [-0.25, -0.2) is 0 Å². The number of hydrogen-bond acceptors (Lipinski definition) is 2. The lowest BCUT2D eigenvalue weighted by molar-refractivity contribution is 0.0299. The molecule has 2 nitrogen and oxygen atoms in total. The zero-order chi connectivity index (χ0) is 10.3. The highest BCUT2D eigenvalue weighted by Crippen LogP contribution is 2.33. The Balaban J connectivity index is 2.00. The Morgan fingerprint density at radius 1 is 1.40 bits per heavy atom. The molecule has 1 N–H and O–H groups in total. The van der Waals surface area contributed by atoms with Crippen LogP contribution in [0, 0.1) is 0 Å². The smallest absolute Gasteiger partial charge is 0.0784 e. The van der Waals surface area contributed by atoms with Gasteiger partial charge in [0.05, 0.1) is 12.7 Å². The van der Waals surface area contributed by atoms with E-state index in [1.807, 2.05) is 0 Å². The molecule has 1 aromatic carbocycles. The fraction of sp³-hybridized carbons (Fsp3) is 0.538. The summed E-state index contributed by atoms with van der Waals surface area (Å²) in [4.78, 5) is 0. The second-order valence-corrected chi connectivity index (χ2v) is 4.50. The van der Waals surface area contributed by atoms with Crippen LogP contribution in [0.5, 0.6) is 0 Å². The van der Waals surface area contributed by atoms with E-state index in [4.69, 9.17) is 4.74 Å². The first-order valence-electron chi connectivity index (χ1n) is 5.82. The first kappa shape index (κ1) is 9.37. The lowest BCUT2D eigenvalue weighted by atomic mass is 9.88. The molecule has 2 aliphatic heterocycles. The number of fused-ring (bicyclic) bond motifs is 3. The second-order valence-electron chi connectivity index (χ2n) is 4.50. The van der Waals surface area contributed by atoms with Gasteiger partial charge < -0.3 is 10.1 Å². The van der Waals surface area contributed by atoms with Gasteiger partial charge in [0.1, 0.15) is 0 Å². The zero-order valence-corrected chi connectivity index (χ0v) is 9.12. The van der Waals surface area contributed by atoms with Crippen molar-refractivity contribution in [3.05, 3.63) is 34.9 Å². The molecule has 1 saturated heterocycles. The maximum absolute atomic E-state index is 5.87. The molecule has 0 saturated carbocycles. The van der Waals surface area contributed by atoms with E-state index in [1.54, 1.807) is 0 Å². The van der Waals surface area contributed by atoms with Crippen molar-refractivity contribution in [1.82, 2.24) is 5.32 Å².